The molecular weight excluding hydrogens is 428 g/mol. The predicted octanol–water partition coefficient (Wildman–Crippen LogP) is 3.45. The van der Waals surface area contributed by atoms with Gasteiger partial charge in [0.25, 0.3) is 5.91 Å². The number of carbonyl (C=O) groups excluding carboxylic acids is 2. The maximum atomic E-state index is 12.9. The van der Waals surface area contributed by atoms with Gasteiger partial charge in [-0.15, -0.1) is 0 Å². The Labute approximate surface area is 189 Å². The van der Waals surface area contributed by atoms with Gasteiger partial charge in [-0.25, -0.2) is 8.42 Å². The summed E-state index contributed by atoms with van der Waals surface area (Å²) in [5.74, 6) is -0.500. The summed E-state index contributed by atoms with van der Waals surface area (Å²) in [6.07, 6.45) is 1.87. The minimum absolute atomic E-state index is 0.00902. The Bertz CT molecular complexity index is 1050. The maximum Gasteiger partial charge on any atom is 0.307 e. The molecule has 32 heavy (non-hydrogen) atoms. The number of aryl methyl sites for hydroxylation is 1. The number of sulfonamides is 1. The van der Waals surface area contributed by atoms with E-state index in [2.05, 4.69) is 5.32 Å². The fourth-order valence-electron chi connectivity index (χ4n) is 3.83. The summed E-state index contributed by atoms with van der Waals surface area (Å²) in [4.78, 5) is 24.9. The van der Waals surface area contributed by atoms with Crippen LogP contribution in [-0.4, -0.2) is 44.8 Å². The van der Waals surface area contributed by atoms with Crippen molar-refractivity contribution < 1.29 is 22.7 Å². The fourth-order valence-corrected chi connectivity index (χ4v) is 5.43. The first kappa shape index (κ1) is 23.9. The molecule has 0 saturated carbocycles. The van der Waals surface area contributed by atoms with Crippen LogP contribution in [0.1, 0.15) is 53.7 Å². The Balaban J connectivity index is 1.76. The monoisotopic (exact) mass is 458 g/mol. The zero-order chi connectivity index (χ0) is 23.3. The highest BCUT2D eigenvalue weighted by atomic mass is 32.2. The van der Waals surface area contributed by atoms with Crippen molar-refractivity contribution in [1.29, 1.82) is 0 Å². The van der Waals surface area contributed by atoms with Gasteiger partial charge in [0.15, 0.2) is 0 Å². The number of hydrogen-bond donors (Lipinski definition) is 1. The number of rotatable bonds is 7. The zero-order valence-corrected chi connectivity index (χ0v) is 19.5. The van der Waals surface area contributed by atoms with Gasteiger partial charge >= 0.3 is 5.97 Å². The van der Waals surface area contributed by atoms with Gasteiger partial charge in [0.05, 0.1) is 24.5 Å². The molecule has 0 bridgehead atoms. The Morgan fingerprint density at radius 1 is 1.12 bits per heavy atom. The SMILES string of the molecule is COC(=O)CC(NC(=O)c1ccc(S(=O)(=O)N2CCCC(C)C2)cc1)c1ccc(C)cc1. The molecule has 1 fully saturated rings. The first-order chi connectivity index (χ1) is 15.2. The summed E-state index contributed by atoms with van der Waals surface area (Å²) < 4.78 is 32.1. The highest BCUT2D eigenvalue weighted by molar-refractivity contribution is 7.89. The minimum atomic E-state index is -3.59. The highest BCUT2D eigenvalue weighted by Gasteiger charge is 2.29. The topological polar surface area (TPSA) is 92.8 Å². The van der Waals surface area contributed by atoms with Gasteiger partial charge in [0.1, 0.15) is 0 Å². The van der Waals surface area contributed by atoms with Crippen molar-refractivity contribution in [3.63, 3.8) is 0 Å². The molecule has 172 valence electrons. The number of benzene rings is 2. The number of nitrogens with zero attached hydrogens (tertiary/aromatic N) is 1. The lowest BCUT2D eigenvalue weighted by Gasteiger charge is -2.30. The van der Waals surface area contributed by atoms with Crippen molar-refractivity contribution >= 4 is 21.9 Å². The van der Waals surface area contributed by atoms with Crippen LogP contribution in [0.3, 0.4) is 0 Å². The molecule has 8 heteroatoms. The van der Waals surface area contributed by atoms with Gasteiger partial charge in [0, 0.05) is 18.7 Å². The van der Waals surface area contributed by atoms with Crippen LogP contribution in [0.25, 0.3) is 0 Å². The number of ether oxygens (including phenoxy) is 1. The number of hydrogen-bond acceptors (Lipinski definition) is 5. The van der Waals surface area contributed by atoms with Gasteiger partial charge in [-0.1, -0.05) is 36.8 Å². The third-order valence-electron chi connectivity index (χ3n) is 5.76. The second kappa shape index (κ2) is 10.3. The standard InChI is InChI=1S/C24H30N2O5S/c1-17-6-8-19(9-7-17)22(15-23(27)31-3)25-24(28)20-10-12-21(13-11-20)32(29,30)26-14-4-5-18(2)16-26/h6-13,18,22H,4-5,14-16H2,1-3H3,(H,25,28). The summed E-state index contributed by atoms with van der Waals surface area (Å²) in [5.41, 5.74) is 2.17. The summed E-state index contributed by atoms with van der Waals surface area (Å²) in [7, 11) is -2.28. The van der Waals surface area contributed by atoms with Crippen LogP contribution in [-0.2, 0) is 19.6 Å². The summed E-state index contributed by atoms with van der Waals surface area (Å²) in [5, 5.41) is 2.86. The van der Waals surface area contributed by atoms with Crippen LogP contribution in [0.4, 0.5) is 0 Å². The zero-order valence-electron chi connectivity index (χ0n) is 18.7. The molecule has 2 atom stereocenters. The molecule has 1 N–H and O–H groups in total. The van der Waals surface area contributed by atoms with E-state index in [1.807, 2.05) is 38.1 Å². The van der Waals surface area contributed by atoms with Crippen molar-refractivity contribution in [2.24, 2.45) is 5.92 Å². The Kier molecular flexibility index (Phi) is 7.69. The van der Waals surface area contributed by atoms with Gasteiger partial charge in [-0.3, -0.25) is 9.59 Å². The van der Waals surface area contributed by atoms with Crippen LogP contribution in [0, 0.1) is 12.8 Å². The van der Waals surface area contributed by atoms with Crippen molar-refractivity contribution in [2.75, 3.05) is 20.2 Å². The summed E-state index contributed by atoms with van der Waals surface area (Å²) in [6.45, 7) is 5.03. The lowest BCUT2D eigenvalue weighted by molar-refractivity contribution is -0.141. The van der Waals surface area contributed by atoms with E-state index < -0.39 is 27.9 Å². The van der Waals surface area contributed by atoms with Crippen LogP contribution in [0.2, 0.25) is 0 Å². The van der Waals surface area contributed by atoms with Crippen molar-refractivity contribution in [3.8, 4) is 0 Å². The molecule has 0 aliphatic carbocycles. The van der Waals surface area contributed by atoms with Gasteiger partial charge in [-0.2, -0.15) is 4.31 Å². The number of amides is 1. The lowest BCUT2D eigenvalue weighted by atomic mass is 10.0. The summed E-state index contributed by atoms with van der Waals surface area (Å²) >= 11 is 0. The molecular formula is C24H30N2O5S. The first-order valence-electron chi connectivity index (χ1n) is 10.7. The Morgan fingerprint density at radius 2 is 1.78 bits per heavy atom. The van der Waals surface area contributed by atoms with Gasteiger partial charge in [0.2, 0.25) is 10.0 Å². The number of carbonyl (C=O) groups is 2. The third-order valence-corrected chi connectivity index (χ3v) is 7.64. The minimum Gasteiger partial charge on any atom is -0.469 e. The van der Waals surface area contributed by atoms with E-state index in [1.54, 1.807) is 0 Å². The largest absolute Gasteiger partial charge is 0.469 e. The number of esters is 1. The van der Waals surface area contributed by atoms with E-state index in [4.69, 9.17) is 4.74 Å². The van der Waals surface area contributed by atoms with E-state index >= 15 is 0 Å². The number of nitrogens with one attached hydrogen (secondary N) is 1. The van der Waals surface area contributed by atoms with E-state index in [-0.39, 0.29) is 11.3 Å². The van der Waals surface area contributed by atoms with Crippen molar-refractivity contribution in [2.45, 2.75) is 44.0 Å². The molecule has 2 aromatic rings. The van der Waals surface area contributed by atoms with E-state index in [9.17, 15) is 18.0 Å². The molecule has 1 aliphatic heterocycles. The Hall–Kier alpha value is -2.71. The molecule has 0 aromatic heterocycles. The van der Waals surface area contributed by atoms with Crippen molar-refractivity contribution in [1.82, 2.24) is 9.62 Å². The van der Waals surface area contributed by atoms with Crippen molar-refractivity contribution in [3.05, 3.63) is 65.2 Å². The second-order valence-corrected chi connectivity index (χ2v) is 10.3. The van der Waals surface area contributed by atoms with E-state index in [0.717, 1.165) is 24.0 Å². The molecule has 1 aliphatic rings. The summed E-state index contributed by atoms with van der Waals surface area (Å²) in [6, 6.07) is 12.9. The molecule has 2 aromatic carbocycles. The molecule has 1 saturated heterocycles. The second-order valence-electron chi connectivity index (χ2n) is 8.35. The average Bonchev–Trinajstić information content (AvgIpc) is 2.79. The Morgan fingerprint density at radius 3 is 2.38 bits per heavy atom. The van der Waals surface area contributed by atoms with Gasteiger partial charge in [-0.05, 0) is 55.5 Å². The van der Waals surface area contributed by atoms with Crippen LogP contribution in [0.15, 0.2) is 53.4 Å². The normalized spacial score (nSPS) is 18.0. The molecule has 7 nitrogen and oxygen atoms in total. The number of methoxy groups -OCH3 is 1. The molecule has 1 heterocycles. The molecule has 1 amide bonds. The molecule has 3 rings (SSSR count). The smallest absolute Gasteiger partial charge is 0.307 e. The van der Waals surface area contributed by atoms with Crippen LogP contribution in [0.5, 0.6) is 0 Å². The average molecular weight is 459 g/mol. The third kappa shape index (κ3) is 5.75. The maximum absolute atomic E-state index is 12.9. The quantitative estimate of drug-likeness (QED) is 0.642. The van der Waals surface area contributed by atoms with Crippen LogP contribution >= 0.6 is 0 Å². The number of piperidine rings is 1. The highest BCUT2D eigenvalue weighted by Crippen LogP contribution is 2.24. The first-order valence-corrected chi connectivity index (χ1v) is 12.2. The lowest BCUT2D eigenvalue weighted by Crippen LogP contribution is -2.39. The molecule has 0 spiro atoms. The van der Waals surface area contributed by atoms with Gasteiger partial charge < -0.3 is 10.1 Å². The van der Waals surface area contributed by atoms with Crippen LogP contribution < -0.4 is 5.32 Å². The van der Waals surface area contributed by atoms with E-state index in [0.29, 0.717) is 24.6 Å². The van der Waals surface area contributed by atoms with E-state index in [1.165, 1.54) is 35.7 Å². The predicted molar refractivity (Wildman–Crippen MR) is 122 cm³/mol. The molecule has 0 radical (unpaired) electrons. The molecule has 2 unspecified atom stereocenters. The fraction of sp³-hybridized carbons (Fsp3) is 0.417.